The number of nitrogens with one attached hydrogen (secondary N) is 2. The van der Waals surface area contributed by atoms with Crippen LogP contribution in [0.2, 0.25) is 0 Å². The molecule has 0 fully saturated rings. The topological polar surface area (TPSA) is 78.4 Å². The molecule has 0 unspecified atom stereocenters. The summed E-state index contributed by atoms with van der Waals surface area (Å²) >= 11 is 0. The predicted molar refractivity (Wildman–Crippen MR) is 183 cm³/mol. The predicted octanol–water partition coefficient (Wildman–Crippen LogP) is 10.6. The lowest BCUT2D eigenvalue weighted by Crippen LogP contribution is -2.25. The molecule has 0 bridgehead atoms. The van der Waals surface area contributed by atoms with Gasteiger partial charge in [0.25, 0.3) is 11.8 Å². The molecule has 242 valence electrons. The molecule has 2 rings (SSSR count). The molecule has 0 aliphatic heterocycles. The van der Waals surface area contributed by atoms with Crippen LogP contribution in [0.4, 0.5) is 0 Å². The van der Waals surface area contributed by atoms with Gasteiger partial charge in [-0.3, -0.25) is 9.59 Å². The summed E-state index contributed by atoms with van der Waals surface area (Å²) in [6.07, 6.45) is 28.1. The number of hydrogen-bond acceptors (Lipinski definition) is 3. The van der Waals surface area contributed by atoms with Crippen LogP contribution in [0.25, 0.3) is 10.8 Å². The summed E-state index contributed by atoms with van der Waals surface area (Å²) in [7, 11) is 0. The molecule has 3 N–H and O–H groups in total. The number of carbonyl (C=O) groups excluding carboxylic acids is 2. The normalized spacial score (nSPS) is 11.2. The highest BCUT2D eigenvalue weighted by Gasteiger charge is 2.14. The number of phenols is 1. The molecular weight excluding hydrogens is 532 g/mol. The molecule has 0 radical (unpaired) electrons. The second kappa shape index (κ2) is 23.8. The average molecular weight is 595 g/mol. The van der Waals surface area contributed by atoms with Gasteiger partial charge in [-0.15, -0.1) is 0 Å². The highest BCUT2D eigenvalue weighted by Crippen LogP contribution is 2.26. The first-order valence-corrected chi connectivity index (χ1v) is 17.9. The van der Waals surface area contributed by atoms with Gasteiger partial charge in [-0.25, -0.2) is 0 Å². The van der Waals surface area contributed by atoms with Crippen molar-refractivity contribution in [1.29, 1.82) is 0 Å². The van der Waals surface area contributed by atoms with E-state index in [-0.39, 0.29) is 23.1 Å². The maximum atomic E-state index is 12.8. The van der Waals surface area contributed by atoms with E-state index < -0.39 is 0 Å². The Balaban J connectivity index is 1.65. The molecule has 0 aliphatic carbocycles. The van der Waals surface area contributed by atoms with Crippen molar-refractivity contribution < 1.29 is 14.7 Å². The maximum absolute atomic E-state index is 12.8. The Morgan fingerprint density at radius 1 is 0.512 bits per heavy atom. The summed E-state index contributed by atoms with van der Waals surface area (Å²) in [5.41, 5.74) is 0.836. The lowest BCUT2D eigenvalue weighted by molar-refractivity contribution is 0.0943. The fourth-order valence-corrected chi connectivity index (χ4v) is 5.79. The zero-order valence-electron chi connectivity index (χ0n) is 27.6. The minimum absolute atomic E-state index is 0.0300. The SMILES string of the molecule is CCCCCCCCCCCCCNC(=O)c1ccc2cc(O)c(C(=O)NCCCCCCCCCCCCC)cc2c1. The molecular formula is C38H62N2O3. The first kappa shape index (κ1) is 36.6. The van der Waals surface area contributed by atoms with Crippen LogP contribution in [0.3, 0.4) is 0 Å². The van der Waals surface area contributed by atoms with E-state index in [1.807, 2.05) is 12.1 Å². The highest BCUT2D eigenvalue weighted by atomic mass is 16.3. The zero-order chi connectivity index (χ0) is 31.0. The Morgan fingerprint density at radius 3 is 1.40 bits per heavy atom. The van der Waals surface area contributed by atoms with Crippen molar-refractivity contribution in [2.24, 2.45) is 0 Å². The monoisotopic (exact) mass is 594 g/mol. The van der Waals surface area contributed by atoms with Gasteiger partial charge in [0.2, 0.25) is 0 Å². The molecule has 0 heterocycles. The molecule has 0 atom stereocenters. The largest absolute Gasteiger partial charge is 0.507 e. The fraction of sp³-hybridized carbons (Fsp3) is 0.684. The van der Waals surface area contributed by atoms with Crippen molar-refractivity contribution in [1.82, 2.24) is 10.6 Å². The molecule has 2 amide bonds. The molecule has 0 aromatic heterocycles. The van der Waals surface area contributed by atoms with E-state index in [0.717, 1.165) is 36.5 Å². The molecule has 5 heteroatoms. The van der Waals surface area contributed by atoms with Gasteiger partial charge in [-0.1, -0.05) is 148 Å². The molecule has 43 heavy (non-hydrogen) atoms. The first-order chi connectivity index (χ1) is 21.1. The van der Waals surface area contributed by atoms with Gasteiger partial charge in [0.15, 0.2) is 0 Å². The number of rotatable bonds is 26. The molecule has 5 nitrogen and oxygen atoms in total. The third-order valence-corrected chi connectivity index (χ3v) is 8.59. The van der Waals surface area contributed by atoms with Crippen LogP contribution in [-0.4, -0.2) is 30.0 Å². The van der Waals surface area contributed by atoms with Crippen LogP contribution in [0.1, 0.15) is 176 Å². The molecule has 0 spiro atoms. The minimum atomic E-state index is -0.266. The minimum Gasteiger partial charge on any atom is -0.507 e. The Bertz CT molecular complexity index is 1040. The standard InChI is InChI=1S/C38H62N2O3/c1-3-5-7-9-11-13-15-17-19-21-23-27-39-37(42)33-26-25-32-31-36(41)35(30-34(32)29-33)38(43)40-28-24-22-20-18-16-14-12-10-8-6-4-2/h25-26,29-31,41H,3-24,27-28H2,1-2H3,(H,39,42)(H,40,43). The lowest BCUT2D eigenvalue weighted by atomic mass is 10.0. The fourth-order valence-electron chi connectivity index (χ4n) is 5.79. The Hall–Kier alpha value is -2.56. The zero-order valence-corrected chi connectivity index (χ0v) is 27.6. The number of amides is 2. The third-order valence-electron chi connectivity index (χ3n) is 8.59. The number of unbranched alkanes of at least 4 members (excludes halogenated alkanes) is 20. The molecule has 0 saturated carbocycles. The van der Waals surface area contributed by atoms with Gasteiger partial charge in [0.05, 0.1) is 5.56 Å². The third kappa shape index (κ3) is 16.2. The lowest BCUT2D eigenvalue weighted by Gasteiger charge is -2.10. The van der Waals surface area contributed by atoms with E-state index in [2.05, 4.69) is 24.5 Å². The number of benzene rings is 2. The summed E-state index contributed by atoms with van der Waals surface area (Å²) < 4.78 is 0. The van der Waals surface area contributed by atoms with E-state index in [1.54, 1.807) is 18.2 Å². The Morgan fingerprint density at radius 2 is 0.930 bits per heavy atom. The van der Waals surface area contributed by atoms with Crippen LogP contribution in [0.15, 0.2) is 30.3 Å². The summed E-state index contributed by atoms with van der Waals surface area (Å²) in [5, 5.41) is 18.1. The van der Waals surface area contributed by atoms with Crippen molar-refractivity contribution >= 4 is 22.6 Å². The summed E-state index contributed by atoms with van der Waals surface area (Å²) in [6.45, 7) is 5.80. The summed E-state index contributed by atoms with van der Waals surface area (Å²) in [5.74, 6) is -0.389. The second-order valence-electron chi connectivity index (χ2n) is 12.5. The molecule has 2 aromatic carbocycles. The van der Waals surface area contributed by atoms with E-state index >= 15 is 0 Å². The number of phenolic OH excluding ortho intramolecular Hbond substituents is 1. The van der Waals surface area contributed by atoms with Gasteiger partial charge in [-0.2, -0.15) is 0 Å². The molecule has 0 saturated heterocycles. The van der Waals surface area contributed by atoms with E-state index in [1.165, 1.54) is 116 Å². The smallest absolute Gasteiger partial charge is 0.255 e. The summed E-state index contributed by atoms with van der Waals surface area (Å²) in [4.78, 5) is 25.6. The van der Waals surface area contributed by atoms with Gasteiger partial charge in [0, 0.05) is 18.7 Å². The van der Waals surface area contributed by atoms with Crippen molar-refractivity contribution in [3.63, 3.8) is 0 Å². The Kier molecular flexibility index (Phi) is 20.3. The van der Waals surface area contributed by atoms with E-state index in [0.29, 0.717) is 18.7 Å². The van der Waals surface area contributed by atoms with Crippen molar-refractivity contribution in [3.05, 3.63) is 41.5 Å². The van der Waals surface area contributed by atoms with Crippen LogP contribution in [-0.2, 0) is 0 Å². The number of fused-ring (bicyclic) bond motifs is 1. The first-order valence-electron chi connectivity index (χ1n) is 17.9. The number of hydrogen-bond donors (Lipinski definition) is 3. The molecule has 0 aliphatic rings. The van der Waals surface area contributed by atoms with Crippen LogP contribution >= 0.6 is 0 Å². The van der Waals surface area contributed by atoms with Crippen LogP contribution in [0, 0.1) is 0 Å². The second-order valence-corrected chi connectivity index (χ2v) is 12.5. The Labute approximate surface area is 263 Å². The van der Waals surface area contributed by atoms with Gasteiger partial charge < -0.3 is 15.7 Å². The average Bonchev–Trinajstić information content (AvgIpc) is 3.01. The van der Waals surface area contributed by atoms with Crippen LogP contribution < -0.4 is 10.6 Å². The van der Waals surface area contributed by atoms with E-state index in [9.17, 15) is 14.7 Å². The van der Waals surface area contributed by atoms with Crippen molar-refractivity contribution in [3.8, 4) is 5.75 Å². The maximum Gasteiger partial charge on any atom is 0.255 e. The van der Waals surface area contributed by atoms with E-state index in [4.69, 9.17) is 0 Å². The van der Waals surface area contributed by atoms with Crippen molar-refractivity contribution in [2.75, 3.05) is 13.1 Å². The van der Waals surface area contributed by atoms with Gasteiger partial charge in [0.1, 0.15) is 5.75 Å². The quantitative estimate of drug-likeness (QED) is 0.0948. The van der Waals surface area contributed by atoms with Gasteiger partial charge in [-0.05, 0) is 47.9 Å². The van der Waals surface area contributed by atoms with Crippen LogP contribution in [0.5, 0.6) is 5.75 Å². The van der Waals surface area contributed by atoms with Gasteiger partial charge >= 0.3 is 0 Å². The highest BCUT2D eigenvalue weighted by molar-refractivity contribution is 6.03. The summed E-state index contributed by atoms with van der Waals surface area (Å²) in [6, 6.07) is 8.73. The number of carbonyl (C=O) groups is 2. The number of aromatic hydroxyl groups is 1. The molecule has 2 aromatic rings. The van der Waals surface area contributed by atoms with Crippen molar-refractivity contribution in [2.45, 2.75) is 155 Å².